The topological polar surface area (TPSA) is 71.1 Å². The average Bonchev–Trinajstić information content (AvgIpc) is 2.65. The van der Waals surface area contributed by atoms with Crippen LogP contribution in [0.5, 0.6) is 11.5 Å². The van der Waals surface area contributed by atoms with E-state index in [0.717, 1.165) is 6.08 Å². The molecule has 2 rings (SSSR count). The lowest BCUT2D eigenvalue weighted by atomic mass is 10.3. The first-order valence-corrected chi connectivity index (χ1v) is 10.6. The molecule has 0 spiro atoms. The molecule has 0 saturated carbocycles. The Morgan fingerprint density at radius 2 is 1.46 bits per heavy atom. The zero-order valence-electron chi connectivity index (χ0n) is 14.4. The van der Waals surface area contributed by atoms with Gasteiger partial charge in [0.2, 0.25) is 0 Å². The summed E-state index contributed by atoms with van der Waals surface area (Å²) in [5, 5.41) is 0.964. The lowest BCUT2D eigenvalue weighted by Crippen LogP contribution is -2.14. The zero-order valence-corrected chi connectivity index (χ0v) is 17.6. The van der Waals surface area contributed by atoms with E-state index >= 15 is 0 Å². The van der Waals surface area contributed by atoms with Crippen molar-refractivity contribution in [3.63, 3.8) is 0 Å². The number of phosphoric acid groups is 1. The Hall–Kier alpha value is -1.69. The van der Waals surface area contributed by atoms with E-state index in [1.54, 1.807) is 24.3 Å². The molecule has 0 bridgehead atoms. The third kappa shape index (κ3) is 7.74. The first-order valence-electron chi connectivity index (χ1n) is 7.92. The van der Waals surface area contributed by atoms with Crippen LogP contribution in [0.25, 0.3) is 0 Å². The largest absolute Gasteiger partial charge is 0.587 e. The number of phosphoric ester groups is 1. The third-order valence-corrected chi connectivity index (χ3v) is 5.25. The molecule has 0 aliphatic heterocycles. The summed E-state index contributed by atoms with van der Waals surface area (Å²) in [6.07, 6.45) is 1.02. The van der Waals surface area contributed by atoms with Crippen molar-refractivity contribution in [2.45, 2.75) is 12.0 Å². The van der Waals surface area contributed by atoms with Gasteiger partial charge in [-0.1, -0.05) is 41.4 Å². The second kappa shape index (κ2) is 10.7. The molecule has 28 heavy (non-hydrogen) atoms. The van der Waals surface area contributed by atoms with E-state index in [0.29, 0.717) is 10.0 Å². The number of ether oxygens (including phenoxy) is 1. The lowest BCUT2D eigenvalue weighted by Gasteiger charge is -2.19. The Labute approximate surface area is 177 Å². The fourth-order valence-corrected chi connectivity index (χ4v) is 3.47. The lowest BCUT2D eigenvalue weighted by molar-refractivity contribution is -0.139. The number of carbonyl (C=O) groups excluding carboxylic acids is 1. The summed E-state index contributed by atoms with van der Waals surface area (Å²) in [6, 6.07) is 12.3. The standard InChI is InChI=1S/C18H16Cl3O6P/c1-2-18(22)25-17(21)11-12-24-28(23,26-15-7-3-13(19)4-8-15)27-16-9-5-14(20)6-10-16/h2-10,17H,1,11-12H2. The van der Waals surface area contributed by atoms with E-state index in [1.165, 1.54) is 24.3 Å². The first-order chi connectivity index (χ1) is 13.3. The number of alkyl halides is 1. The minimum Gasteiger partial charge on any atom is -0.443 e. The Balaban J connectivity index is 2.07. The van der Waals surface area contributed by atoms with Gasteiger partial charge in [0.25, 0.3) is 0 Å². The molecule has 2 aromatic carbocycles. The van der Waals surface area contributed by atoms with Crippen molar-refractivity contribution in [1.82, 2.24) is 0 Å². The summed E-state index contributed by atoms with van der Waals surface area (Å²) >= 11 is 17.5. The van der Waals surface area contributed by atoms with Crippen molar-refractivity contribution in [2.75, 3.05) is 6.61 Å². The molecule has 0 aliphatic rings. The molecule has 1 atom stereocenters. The smallest absolute Gasteiger partial charge is 0.443 e. The molecule has 0 N–H and O–H groups in total. The molecule has 10 heteroatoms. The molecule has 1 unspecified atom stereocenters. The van der Waals surface area contributed by atoms with Gasteiger partial charge >= 0.3 is 13.8 Å². The van der Waals surface area contributed by atoms with Crippen LogP contribution in [0.3, 0.4) is 0 Å². The number of halogens is 3. The Morgan fingerprint density at radius 3 is 1.89 bits per heavy atom. The van der Waals surface area contributed by atoms with Crippen molar-refractivity contribution >= 4 is 48.6 Å². The molecular formula is C18H16Cl3O6P. The minimum absolute atomic E-state index is 0.0408. The second-order valence-corrected chi connectivity index (χ2v) is 8.09. The molecule has 6 nitrogen and oxygen atoms in total. The number of carbonyl (C=O) groups is 1. The van der Waals surface area contributed by atoms with Crippen molar-refractivity contribution in [3.05, 3.63) is 71.2 Å². The van der Waals surface area contributed by atoms with Crippen LogP contribution in [-0.4, -0.2) is 18.1 Å². The van der Waals surface area contributed by atoms with Gasteiger partial charge in [-0.15, -0.1) is 0 Å². The predicted molar refractivity (Wildman–Crippen MR) is 108 cm³/mol. The highest BCUT2D eigenvalue weighted by atomic mass is 35.5. The SMILES string of the molecule is C=CC(=O)OC(Cl)CCOP(=O)(Oc1ccc(Cl)cc1)Oc1ccc(Cl)cc1. The molecule has 0 saturated heterocycles. The monoisotopic (exact) mass is 464 g/mol. The Kier molecular flexibility index (Phi) is 8.67. The van der Waals surface area contributed by atoms with E-state index < -0.39 is 19.4 Å². The van der Waals surface area contributed by atoms with Gasteiger partial charge in [0.1, 0.15) is 11.5 Å². The third-order valence-electron chi connectivity index (χ3n) is 3.07. The highest BCUT2D eigenvalue weighted by Crippen LogP contribution is 2.50. The van der Waals surface area contributed by atoms with Crippen LogP contribution < -0.4 is 9.05 Å². The summed E-state index contributed by atoms with van der Waals surface area (Å²) < 4.78 is 34.1. The van der Waals surface area contributed by atoms with Crippen LogP contribution in [0.1, 0.15) is 6.42 Å². The first kappa shape index (κ1) is 22.6. The molecule has 0 heterocycles. The molecule has 150 valence electrons. The highest BCUT2D eigenvalue weighted by molar-refractivity contribution is 7.49. The Bertz CT molecular complexity index is 790. The quantitative estimate of drug-likeness (QED) is 0.178. The van der Waals surface area contributed by atoms with Gasteiger partial charge in [0.15, 0.2) is 5.56 Å². The van der Waals surface area contributed by atoms with Gasteiger partial charge < -0.3 is 13.8 Å². The summed E-state index contributed by atoms with van der Waals surface area (Å²) in [5.41, 5.74) is -0.995. The normalized spacial score (nSPS) is 12.1. The number of hydrogen-bond donors (Lipinski definition) is 0. The van der Waals surface area contributed by atoms with E-state index in [9.17, 15) is 9.36 Å². The predicted octanol–water partition coefficient (Wildman–Crippen LogP) is 6.26. The summed E-state index contributed by atoms with van der Waals surface area (Å²) in [6.45, 7) is 3.10. The van der Waals surface area contributed by atoms with Gasteiger partial charge in [0.05, 0.1) is 6.61 Å². The second-order valence-electron chi connectivity index (χ2n) is 5.21. The molecule has 0 radical (unpaired) electrons. The van der Waals surface area contributed by atoms with Crippen LogP contribution in [-0.2, 0) is 18.6 Å². The maximum absolute atomic E-state index is 13.1. The molecular weight excluding hydrogens is 450 g/mol. The van der Waals surface area contributed by atoms with Gasteiger partial charge in [-0.3, -0.25) is 4.52 Å². The van der Waals surface area contributed by atoms with Crippen molar-refractivity contribution < 1.29 is 27.7 Å². The van der Waals surface area contributed by atoms with Crippen LogP contribution in [0.15, 0.2) is 61.2 Å². The molecule has 0 amide bonds. The number of rotatable bonds is 10. The fourth-order valence-electron chi connectivity index (χ4n) is 1.81. The number of esters is 1. The minimum atomic E-state index is -4.10. The van der Waals surface area contributed by atoms with E-state index in [-0.39, 0.29) is 24.5 Å². The van der Waals surface area contributed by atoms with Crippen molar-refractivity contribution in [3.8, 4) is 11.5 Å². The van der Waals surface area contributed by atoms with Crippen molar-refractivity contribution in [1.29, 1.82) is 0 Å². The summed E-state index contributed by atoms with van der Waals surface area (Å²) in [5.74, 6) is -0.234. The van der Waals surface area contributed by atoms with Crippen LogP contribution in [0.4, 0.5) is 0 Å². The highest BCUT2D eigenvalue weighted by Gasteiger charge is 2.31. The summed E-state index contributed by atoms with van der Waals surface area (Å²) in [7, 11) is -4.10. The molecule has 0 fully saturated rings. The van der Waals surface area contributed by atoms with Crippen molar-refractivity contribution in [2.24, 2.45) is 0 Å². The number of hydrogen-bond acceptors (Lipinski definition) is 6. The van der Waals surface area contributed by atoms with Gasteiger partial charge in [-0.2, -0.15) is 0 Å². The van der Waals surface area contributed by atoms with Crippen LogP contribution in [0, 0.1) is 0 Å². The van der Waals surface area contributed by atoms with Crippen LogP contribution >= 0.6 is 42.6 Å². The molecule has 2 aromatic rings. The van der Waals surface area contributed by atoms with Gasteiger partial charge in [-0.25, -0.2) is 9.36 Å². The van der Waals surface area contributed by atoms with E-state index in [1.807, 2.05) is 0 Å². The zero-order chi connectivity index (χ0) is 20.6. The van der Waals surface area contributed by atoms with E-state index in [2.05, 4.69) is 6.58 Å². The maximum Gasteiger partial charge on any atom is 0.587 e. The van der Waals surface area contributed by atoms with Gasteiger partial charge in [-0.05, 0) is 48.5 Å². The van der Waals surface area contributed by atoms with E-state index in [4.69, 9.17) is 53.1 Å². The fraction of sp³-hybridized carbons (Fsp3) is 0.167. The van der Waals surface area contributed by atoms with Gasteiger partial charge in [0, 0.05) is 22.5 Å². The molecule has 0 aromatic heterocycles. The summed E-state index contributed by atoms with van der Waals surface area (Å²) in [4.78, 5) is 11.1. The average molecular weight is 466 g/mol. The molecule has 0 aliphatic carbocycles. The Morgan fingerprint density at radius 1 is 1.00 bits per heavy atom. The maximum atomic E-state index is 13.1. The van der Waals surface area contributed by atoms with Crippen LogP contribution in [0.2, 0.25) is 10.0 Å². The number of benzene rings is 2.